The zero-order valence-electron chi connectivity index (χ0n) is 6.31. The van der Waals surface area contributed by atoms with Crippen molar-refractivity contribution < 1.29 is 8.78 Å². The Morgan fingerprint density at radius 2 is 2.25 bits per heavy atom. The fourth-order valence-electron chi connectivity index (χ4n) is 0.758. The Labute approximate surface area is 73.6 Å². The van der Waals surface area contributed by atoms with Crippen molar-refractivity contribution in [2.75, 3.05) is 12.4 Å². The average molecular weight is 193 g/mol. The van der Waals surface area contributed by atoms with E-state index in [9.17, 15) is 8.78 Å². The average Bonchev–Trinajstić information content (AvgIpc) is 2.05. The molecule has 0 saturated carbocycles. The first-order valence-electron chi connectivity index (χ1n) is 3.26. The lowest BCUT2D eigenvalue weighted by Crippen LogP contribution is -1.95. The Morgan fingerprint density at radius 3 is 2.75 bits per heavy atom. The van der Waals surface area contributed by atoms with Gasteiger partial charge < -0.3 is 5.32 Å². The molecule has 0 amide bonds. The molecule has 0 aliphatic heterocycles. The second kappa shape index (κ2) is 3.67. The van der Waals surface area contributed by atoms with Gasteiger partial charge in [0.2, 0.25) is 0 Å². The maximum Gasteiger partial charge on any atom is 0.265 e. The molecule has 1 rings (SSSR count). The zero-order valence-corrected chi connectivity index (χ0v) is 7.07. The van der Waals surface area contributed by atoms with E-state index in [1.54, 1.807) is 7.05 Å². The highest BCUT2D eigenvalue weighted by Gasteiger charge is 2.12. The second-order valence-electron chi connectivity index (χ2n) is 2.14. The maximum atomic E-state index is 12.2. The molecule has 66 valence electrons. The third kappa shape index (κ3) is 1.82. The SMILES string of the molecule is CNc1cc(C(F)F)c(Cl)cn1. The summed E-state index contributed by atoms with van der Waals surface area (Å²) in [7, 11) is 1.60. The number of halogens is 3. The first-order valence-corrected chi connectivity index (χ1v) is 3.64. The van der Waals surface area contributed by atoms with Gasteiger partial charge in [-0.05, 0) is 6.07 Å². The lowest BCUT2D eigenvalue weighted by molar-refractivity contribution is 0.151. The van der Waals surface area contributed by atoms with Crippen LogP contribution in [0.25, 0.3) is 0 Å². The first-order chi connectivity index (χ1) is 5.65. The molecule has 0 aromatic carbocycles. The minimum Gasteiger partial charge on any atom is -0.373 e. The number of hydrogen-bond acceptors (Lipinski definition) is 2. The number of hydrogen-bond donors (Lipinski definition) is 1. The summed E-state index contributed by atoms with van der Waals surface area (Å²) in [6.45, 7) is 0. The van der Waals surface area contributed by atoms with Crippen LogP contribution in [0.2, 0.25) is 5.02 Å². The molecule has 0 unspecified atom stereocenters. The molecule has 1 aromatic heterocycles. The van der Waals surface area contributed by atoms with Crippen molar-refractivity contribution in [2.45, 2.75) is 6.43 Å². The highest BCUT2D eigenvalue weighted by molar-refractivity contribution is 6.31. The van der Waals surface area contributed by atoms with Crippen LogP contribution in [0, 0.1) is 0 Å². The van der Waals surface area contributed by atoms with E-state index in [0.717, 1.165) is 0 Å². The van der Waals surface area contributed by atoms with E-state index in [-0.39, 0.29) is 10.6 Å². The predicted molar refractivity (Wildman–Crippen MR) is 43.8 cm³/mol. The van der Waals surface area contributed by atoms with E-state index in [1.807, 2.05) is 0 Å². The lowest BCUT2D eigenvalue weighted by atomic mass is 10.3. The minimum absolute atomic E-state index is 0.0102. The molecule has 1 aromatic rings. The molecule has 12 heavy (non-hydrogen) atoms. The summed E-state index contributed by atoms with van der Waals surface area (Å²) in [5.41, 5.74) is -0.198. The van der Waals surface area contributed by atoms with Gasteiger partial charge in [-0.2, -0.15) is 0 Å². The molecule has 0 aliphatic rings. The van der Waals surface area contributed by atoms with Crippen LogP contribution < -0.4 is 5.32 Å². The summed E-state index contributed by atoms with van der Waals surface area (Å²) in [5, 5.41) is 2.64. The molecule has 1 N–H and O–H groups in total. The summed E-state index contributed by atoms with van der Waals surface area (Å²) in [5.74, 6) is 0.384. The van der Waals surface area contributed by atoms with E-state index in [1.165, 1.54) is 12.3 Å². The molecule has 0 fully saturated rings. The van der Waals surface area contributed by atoms with Crippen molar-refractivity contribution in [3.63, 3.8) is 0 Å². The number of nitrogens with one attached hydrogen (secondary N) is 1. The van der Waals surface area contributed by atoms with Crippen molar-refractivity contribution in [1.29, 1.82) is 0 Å². The molecule has 2 nitrogen and oxygen atoms in total. The van der Waals surface area contributed by atoms with Crippen LogP contribution in [0.5, 0.6) is 0 Å². The molecular formula is C7H7ClF2N2. The third-order valence-electron chi connectivity index (χ3n) is 1.38. The van der Waals surface area contributed by atoms with Crippen LogP contribution in [0.15, 0.2) is 12.3 Å². The molecule has 0 spiro atoms. The maximum absolute atomic E-state index is 12.2. The van der Waals surface area contributed by atoms with Crippen LogP contribution in [-0.4, -0.2) is 12.0 Å². The van der Waals surface area contributed by atoms with Crippen molar-refractivity contribution in [2.24, 2.45) is 0 Å². The molecule has 0 atom stereocenters. The highest BCUT2D eigenvalue weighted by Crippen LogP contribution is 2.27. The second-order valence-corrected chi connectivity index (χ2v) is 2.55. The fraction of sp³-hybridized carbons (Fsp3) is 0.286. The quantitative estimate of drug-likeness (QED) is 0.780. The van der Waals surface area contributed by atoms with Crippen LogP contribution in [-0.2, 0) is 0 Å². The Morgan fingerprint density at radius 1 is 1.58 bits per heavy atom. The van der Waals surface area contributed by atoms with Gasteiger partial charge in [-0.15, -0.1) is 0 Å². The van der Waals surface area contributed by atoms with E-state index in [4.69, 9.17) is 11.6 Å². The molecule has 0 radical (unpaired) electrons. The van der Waals surface area contributed by atoms with Crippen LogP contribution in [0.1, 0.15) is 12.0 Å². The summed E-state index contributed by atoms with van der Waals surface area (Å²) in [4.78, 5) is 3.76. The van der Waals surface area contributed by atoms with Crippen LogP contribution in [0.3, 0.4) is 0 Å². The minimum atomic E-state index is -2.56. The lowest BCUT2D eigenvalue weighted by Gasteiger charge is -2.04. The van der Waals surface area contributed by atoms with E-state index >= 15 is 0 Å². The van der Waals surface area contributed by atoms with Gasteiger partial charge in [-0.25, -0.2) is 13.8 Å². The fourth-order valence-corrected chi connectivity index (χ4v) is 0.944. The van der Waals surface area contributed by atoms with E-state index < -0.39 is 6.43 Å². The van der Waals surface area contributed by atoms with Gasteiger partial charge in [-0.1, -0.05) is 11.6 Å². The van der Waals surface area contributed by atoms with Gasteiger partial charge in [0.1, 0.15) is 5.82 Å². The molecule has 0 aliphatic carbocycles. The third-order valence-corrected chi connectivity index (χ3v) is 1.69. The van der Waals surface area contributed by atoms with Crippen molar-refractivity contribution in [3.05, 3.63) is 22.8 Å². The molecule has 1 heterocycles. The standard InChI is InChI=1S/C7H7ClF2N2/c1-11-6-2-4(7(9)10)5(8)3-12-6/h2-3,7H,1H3,(H,11,12). The zero-order chi connectivity index (χ0) is 9.14. The number of anilines is 1. The predicted octanol–water partition coefficient (Wildman–Crippen LogP) is 2.71. The van der Waals surface area contributed by atoms with Gasteiger partial charge in [-0.3, -0.25) is 0 Å². The number of pyridine rings is 1. The van der Waals surface area contributed by atoms with Gasteiger partial charge >= 0.3 is 0 Å². The van der Waals surface area contributed by atoms with Crippen molar-refractivity contribution in [1.82, 2.24) is 4.98 Å². The summed E-state index contributed by atoms with van der Waals surface area (Å²) < 4.78 is 24.4. The molecule has 0 saturated heterocycles. The first kappa shape index (κ1) is 9.19. The van der Waals surface area contributed by atoms with E-state index in [2.05, 4.69) is 10.3 Å². The Kier molecular flexibility index (Phi) is 2.81. The Balaban J connectivity index is 3.08. The van der Waals surface area contributed by atoms with Gasteiger partial charge in [0.05, 0.1) is 5.02 Å². The highest BCUT2D eigenvalue weighted by atomic mass is 35.5. The molecule has 5 heteroatoms. The van der Waals surface area contributed by atoms with Gasteiger partial charge in [0.25, 0.3) is 6.43 Å². The molecular weight excluding hydrogens is 186 g/mol. The topological polar surface area (TPSA) is 24.9 Å². The Hall–Kier alpha value is -0.900. The normalized spacial score (nSPS) is 10.4. The summed E-state index contributed by atoms with van der Waals surface area (Å²) in [6, 6.07) is 1.23. The monoisotopic (exact) mass is 192 g/mol. The van der Waals surface area contributed by atoms with Gasteiger partial charge in [0, 0.05) is 18.8 Å². The summed E-state index contributed by atoms with van der Waals surface area (Å²) in [6.07, 6.45) is -1.36. The van der Waals surface area contributed by atoms with Crippen molar-refractivity contribution >= 4 is 17.4 Å². The van der Waals surface area contributed by atoms with Gasteiger partial charge in [0.15, 0.2) is 0 Å². The smallest absolute Gasteiger partial charge is 0.265 e. The van der Waals surface area contributed by atoms with E-state index in [0.29, 0.717) is 5.82 Å². The Bertz CT molecular complexity index is 278. The number of rotatable bonds is 2. The molecule has 0 bridgehead atoms. The van der Waals surface area contributed by atoms with Crippen LogP contribution >= 0.6 is 11.6 Å². The number of aromatic nitrogens is 1. The van der Waals surface area contributed by atoms with Crippen LogP contribution in [0.4, 0.5) is 14.6 Å². The number of nitrogens with zero attached hydrogens (tertiary/aromatic N) is 1. The largest absolute Gasteiger partial charge is 0.373 e. The van der Waals surface area contributed by atoms with Crippen molar-refractivity contribution in [3.8, 4) is 0 Å². The number of alkyl halides is 2. The summed E-state index contributed by atoms with van der Waals surface area (Å²) >= 11 is 5.48.